The number of nitrogens with zero attached hydrogens (tertiary/aromatic N) is 2. The van der Waals surface area contributed by atoms with Gasteiger partial charge in [0, 0.05) is 24.7 Å². The molecule has 1 saturated heterocycles. The Hall–Kier alpha value is -2.64. The largest absolute Gasteiger partial charge is 0.474 e. The highest BCUT2D eigenvalue weighted by Gasteiger charge is 2.57. The number of imide groups is 1. The highest BCUT2D eigenvalue weighted by atomic mass is 16.5. The number of hydrogen-bond acceptors (Lipinski definition) is 5. The summed E-state index contributed by atoms with van der Waals surface area (Å²) in [6.45, 7) is 4.13. The zero-order valence-electron chi connectivity index (χ0n) is 16.9. The predicted molar refractivity (Wildman–Crippen MR) is 105 cm³/mol. The van der Waals surface area contributed by atoms with Crippen molar-refractivity contribution in [3.8, 4) is 5.88 Å². The van der Waals surface area contributed by atoms with Crippen LogP contribution in [0, 0.1) is 11.3 Å². The van der Waals surface area contributed by atoms with E-state index in [0.29, 0.717) is 12.3 Å². The van der Waals surface area contributed by atoms with Crippen molar-refractivity contribution in [3.63, 3.8) is 0 Å². The van der Waals surface area contributed by atoms with E-state index < -0.39 is 5.91 Å². The van der Waals surface area contributed by atoms with Gasteiger partial charge in [-0.25, -0.2) is 9.78 Å². The molecule has 2 saturated carbocycles. The van der Waals surface area contributed by atoms with E-state index in [-0.39, 0.29) is 47.0 Å². The van der Waals surface area contributed by atoms with E-state index in [1.54, 1.807) is 18.3 Å². The molecule has 8 heteroatoms. The van der Waals surface area contributed by atoms with E-state index >= 15 is 0 Å². The summed E-state index contributed by atoms with van der Waals surface area (Å²) in [5, 5.41) is 3.01. The molecule has 0 aromatic carbocycles. The number of urea groups is 1. The van der Waals surface area contributed by atoms with Gasteiger partial charge in [0.2, 0.25) is 11.8 Å². The third kappa shape index (κ3) is 3.56. The zero-order chi connectivity index (χ0) is 20.8. The number of amides is 4. The van der Waals surface area contributed by atoms with Gasteiger partial charge in [-0.05, 0) is 49.1 Å². The van der Waals surface area contributed by atoms with Crippen LogP contribution in [0.1, 0.15) is 62.7 Å². The van der Waals surface area contributed by atoms with Gasteiger partial charge in [-0.1, -0.05) is 20.3 Å². The van der Waals surface area contributed by atoms with Crippen molar-refractivity contribution in [2.45, 2.75) is 70.6 Å². The highest BCUT2D eigenvalue weighted by molar-refractivity contribution is 5.98. The summed E-state index contributed by atoms with van der Waals surface area (Å²) in [7, 11) is 0. The molecular formula is C21H28N4O4. The molecule has 0 unspecified atom stereocenters. The molecule has 4 rings (SSSR count). The van der Waals surface area contributed by atoms with Crippen molar-refractivity contribution in [3.05, 3.63) is 23.9 Å². The van der Waals surface area contributed by atoms with E-state index in [1.165, 1.54) is 4.90 Å². The van der Waals surface area contributed by atoms with Gasteiger partial charge in [0.1, 0.15) is 11.7 Å². The van der Waals surface area contributed by atoms with Crippen molar-refractivity contribution in [1.82, 2.24) is 15.2 Å². The average molecular weight is 400 g/mol. The Labute approximate surface area is 170 Å². The van der Waals surface area contributed by atoms with E-state index in [4.69, 9.17) is 10.5 Å². The third-order valence-electron chi connectivity index (χ3n) is 6.86. The summed E-state index contributed by atoms with van der Waals surface area (Å²) in [6.07, 6.45) is 6.14. The van der Waals surface area contributed by atoms with Crippen LogP contribution in [0.5, 0.6) is 5.88 Å². The monoisotopic (exact) mass is 400 g/mol. The first kappa shape index (κ1) is 19.7. The van der Waals surface area contributed by atoms with E-state index in [2.05, 4.69) is 24.1 Å². The number of carbonyl (C=O) groups excluding carboxylic acids is 3. The van der Waals surface area contributed by atoms with Crippen LogP contribution in [-0.2, 0) is 4.79 Å². The molecule has 156 valence electrons. The van der Waals surface area contributed by atoms with Gasteiger partial charge >= 0.3 is 6.03 Å². The van der Waals surface area contributed by atoms with Crippen LogP contribution in [0.25, 0.3) is 0 Å². The second kappa shape index (κ2) is 7.31. The Kier molecular flexibility index (Phi) is 4.96. The van der Waals surface area contributed by atoms with E-state index in [9.17, 15) is 14.4 Å². The molecule has 0 radical (unpaired) electrons. The average Bonchev–Trinajstić information content (AvgIpc) is 2.62. The summed E-state index contributed by atoms with van der Waals surface area (Å²) < 4.78 is 5.88. The summed E-state index contributed by atoms with van der Waals surface area (Å²) in [5.41, 5.74) is 5.77. The maximum Gasteiger partial charge on any atom is 0.324 e. The van der Waals surface area contributed by atoms with Crippen LogP contribution in [0.3, 0.4) is 0 Å². The molecule has 29 heavy (non-hydrogen) atoms. The van der Waals surface area contributed by atoms with Crippen LogP contribution in [0.15, 0.2) is 18.3 Å². The number of carbonyl (C=O) groups is 3. The fraction of sp³-hybridized carbons (Fsp3) is 0.619. The van der Waals surface area contributed by atoms with Crippen LogP contribution in [0.4, 0.5) is 4.79 Å². The lowest BCUT2D eigenvalue weighted by molar-refractivity contribution is -0.145. The SMILES string of the molecule is CC[C@H](C)[C@H]1CC(=O)N([C@H]2CC3(C[C@H](Oc4ncccc4C(N)=O)C3)C2)C(=O)N1. The Bertz CT molecular complexity index is 810. The molecule has 3 N–H and O–H groups in total. The number of hydrogen-bond donors (Lipinski definition) is 2. The lowest BCUT2D eigenvalue weighted by Crippen LogP contribution is -2.66. The second-order valence-corrected chi connectivity index (χ2v) is 8.84. The number of rotatable bonds is 6. The third-order valence-corrected chi connectivity index (χ3v) is 6.86. The predicted octanol–water partition coefficient (Wildman–Crippen LogP) is 2.23. The van der Waals surface area contributed by atoms with Crippen molar-refractivity contribution in [2.24, 2.45) is 17.1 Å². The molecule has 1 aromatic rings. The summed E-state index contributed by atoms with van der Waals surface area (Å²) in [4.78, 5) is 42.1. The maximum absolute atomic E-state index is 12.6. The lowest BCUT2D eigenvalue weighted by Gasteiger charge is -2.59. The van der Waals surface area contributed by atoms with Gasteiger partial charge in [-0.3, -0.25) is 14.5 Å². The lowest BCUT2D eigenvalue weighted by atomic mass is 9.52. The first-order valence-electron chi connectivity index (χ1n) is 10.4. The molecule has 1 spiro atoms. The van der Waals surface area contributed by atoms with Crippen LogP contribution < -0.4 is 15.8 Å². The van der Waals surface area contributed by atoms with Gasteiger partial charge in [-0.15, -0.1) is 0 Å². The Morgan fingerprint density at radius 2 is 2.10 bits per heavy atom. The molecule has 1 aliphatic heterocycles. The number of nitrogens with one attached hydrogen (secondary N) is 1. The summed E-state index contributed by atoms with van der Waals surface area (Å²) in [5.74, 6) is -0.0571. The standard InChI is InChI=1S/C21H28N4O4/c1-3-12(2)16-7-17(26)25(20(28)24-16)13-8-21(9-13)10-14(11-21)29-19-15(18(22)27)5-4-6-23-19/h4-6,12-14,16H,3,7-11H2,1-2H3,(H2,22,27)(H,24,28)/t12-,13-,14-,16+,21?/m0/s1. The van der Waals surface area contributed by atoms with Gasteiger partial charge in [0.05, 0.1) is 0 Å². The van der Waals surface area contributed by atoms with Crippen molar-refractivity contribution in [2.75, 3.05) is 0 Å². The zero-order valence-corrected chi connectivity index (χ0v) is 16.9. The Balaban J connectivity index is 1.30. The van der Waals surface area contributed by atoms with Gasteiger partial charge < -0.3 is 15.8 Å². The number of aromatic nitrogens is 1. The van der Waals surface area contributed by atoms with Crippen LogP contribution >= 0.6 is 0 Å². The Morgan fingerprint density at radius 3 is 2.72 bits per heavy atom. The van der Waals surface area contributed by atoms with E-state index in [0.717, 1.165) is 32.1 Å². The van der Waals surface area contributed by atoms with Crippen molar-refractivity contribution < 1.29 is 19.1 Å². The van der Waals surface area contributed by atoms with Gasteiger partial charge in [0.25, 0.3) is 5.91 Å². The first-order valence-corrected chi connectivity index (χ1v) is 10.4. The van der Waals surface area contributed by atoms with E-state index in [1.807, 2.05) is 0 Å². The van der Waals surface area contributed by atoms with Crippen molar-refractivity contribution in [1.29, 1.82) is 0 Å². The Morgan fingerprint density at radius 1 is 1.38 bits per heavy atom. The normalized spacial score (nSPS) is 32.2. The number of primary amides is 1. The fourth-order valence-electron chi connectivity index (χ4n) is 4.95. The molecule has 2 aliphatic carbocycles. The summed E-state index contributed by atoms with van der Waals surface area (Å²) in [6, 6.07) is 2.91. The van der Waals surface area contributed by atoms with Crippen LogP contribution in [-0.4, -0.2) is 45.9 Å². The van der Waals surface area contributed by atoms with Crippen LogP contribution in [0.2, 0.25) is 0 Å². The molecule has 2 atom stereocenters. The molecular weight excluding hydrogens is 372 g/mol. The van der Waals surface area contributed by atoms with Crippen molar-refractivity contribution >= 4 is 17.8 Å². The minimum Gasteiger partial charge on any atom is -0.474 e. The smallest absolute Gasteiger partial charge is 0.324 e. The summed E-state index contributed by atoms with van der Waals surface area (Å²) >= 11 is 0. The molecule has 8 nitrogen and oxygen atoms in total. The van der Waals surface area contributed by atoms with Gasteiger partial charge in [-0.2, -0.15) is 0 Å². The maximum atomic E-state index is 12.6. The minimum atomic E-state index is -0.559. The molecule has 0 bridgehead atoms. The fourth-order valence-corrected chi connectivity index (χ4v) is 4.95. The minimum absolute atomic E-state index is 0.0235. The highest BCUT2D eigenvalue weighted by Crippen LogP contribution is 2.58. The second-order valence-electron chi connectivity index (χ2n) is 8.84. The quantitative estimate of drug-likeness (QED) is 0.760. The molecule has 4 amide bonds. The molecule has 3 aliphatic rings. The molecule has 3 fully saturated rings. The van der Waals surface area contributed by atoms with Gasteiger partial charge in [0.15, 0.2) is 0 Å². The number of pyridine rings is 1. The molecule has 1 aromatic heterocycles. The number of nitrogens with two attached hydrogens (primary N) is 1. The molecule has 2 heterocycles. The number of ether oxygens (including phenoxy) is 1. The first-order chi connectivity index (χ1) is 13.8. The topological polar surface area (TPSA) is 115 Å².